The Morgan fingerprint density at radius 1 is 0.436 bits per heavy atom. The highest BCUT2D eigenvalue weighted by molar-refractivity contribution is 6.33. The minimum atomic E-state index is -1.01. The summed E-state index contributed by atoms with van der Waals surface area (Å²) in [6.45, 7) is 5.42. The van der Waals surface area contributed by atoms with Gasteiger partial charge in [-0.05, 0) is 60.1 Å². The summed E-state index contributed by atoms with van der Waals surface area (Å²) in [6.07, 6.45) is -1.18. The van der Waals surface area contributed by atoms with Crippen LogP contribution in [0.15, 0.2) is 84.9 Å². The summed E-state index contributed by atoms with van der Waals surface area (Å²) in [4.78, 5) is 129. The van der Waals surface area contributed by atoms with Gasteiger partial charge in [0.1, 0.15) is 49.9 Å². The molecule has 0 bridgehead atoms. The van der Waals surface area contributed by atoms with Crippen molar-refractivity contribution in [2.45, 2.75) is 65.8 Å². The second-order valence-electron chi connectivity index (χ2n) is 18.7. The molecule has 8 amide bonds. The van der Waals surface area contributed by atoms with Crippen molar-refractivity contribution in [2.24, 2.45) is 11.8 Å². The van der Waals surface area contributed by atoms with E-state index in [0.29, 0.717) is 0 Å². The van der Waals surface area contributed by atoms with Gasteiger partial charge in [0, 0.05) is 37.6 Å². The van der Waals surface area contributed by atoms with Crippen LogP contribution in [0, 0.1) is 11.8 Å². The van der Waals surface area contributed by atoms with Gasteiger partial charge in [0.15, 0.2) is 0 Å². The molecular formula is C54H66N10O14. The molecule has 24 heteroatoms. The van der Waals surface area contributed by atoms with E-state index in [1.807, 2.05) is 39.8 Å². The summed E-state index contributed by atoms with van der Waals surface area (Å²) in [6, 6.07) is 21.0. The van der Waals surface area contributed by atoms with Crippen LogP contribution in [-0.4, -0.2) is 134 Å². The van der Waals surface area contributed by atoms with Crippen LogP contribution in [0.1, 0.15) is 83.5 Å². The summed E-state index contributed by atoms with van der Waals surface area (Å²) < 4.78 is 10.1. The van der Waals surface area contributed by atoms with E-state index in [2.05, 4.69) is 53.2 Å². The lowest BCUT2D eigenvalue weighted by atomic mass is 9.81. The first-order valence-corrected chi connectivity index (χ1v) is 25.2. The molecule has 5 rings (SSSR count). The van der Waals surface area contributed by atoms with Crippen LogP contribution < -0.4 is 53.2 Å². The molecule has 4 aromatic rings. The van der Waals surface area contributed by atoms with Crippen molar-refractivity contribution in [2.75, 3.05) is 63.0 Å². The third kappa shape index (κ3) is 18.6. The van der Waals surface area contributed by atoms with Crippen molar-refractivity contribution >= 4 is 70.6 Å². The van der Waals surface area contributed by atoms with E-state index < -0.39 is 120 Å². The maximum absolute atomic E-state index is 14.2. The molecule has 4 aromatic carbocycles. The van der Waals surface area contributed by atoms with Gasteiger partial charge in [-0.3, -0.25) is 38.4 Å². The number of carbonyl (C=O) groups excluding carboxylic acids is 10. The molecule has 0 saturated carbocycles. The summed E-state index contributed by atoms with van der Waals surface area (Å²) in [5.41, 5.74) is 0.677. The van der Waals surface area contributed by atoms with Crippen molar-refractivity contribution in [3.8, 4) is 11.5 Å². The fraction of sp³-hybridized carbons (Fsp3) is 0.370. The average molecular weight is 1080 g/mol. The average Bonchev–Trinajstić information content (AvgIpc) is 3.57. The minimum absolute atomic E-state index is 0.000191. The summed E-state index contributed by atoms with van der Waals surface area (Å²) in [7, 11) is 0. The number of phenols is 2. The fourth-order valence-corrected chi connectivity index (χ4v) is 7.90. The van der Waals surface area contributed by atoms with Crippen molar-refractivity contribution in [1.29, 1.82) is 0 Å². The zero-order valence-corrected chi connectivity index (χ0v) is 43.7. The standard InChI is InChI=1S/C54H66N10O14/c1-31(2)23-37(63-43(69)27-59-41(67)25-61-53(75)77-29-33-11-7-5-8-12-33)51(73)57-21-19-55-35-15-16-36(46-45(35)49(71)47-39(65)17-18-40(66)48(47)50(46)72)56-20-22-58-52(74)38(24-32(3)4)64-44(70)28-60-42(68)26-62-54(76)78-30-34-13-9-6-10-14-34/h5-18,31-32,37-38,55-56,65-66H,19-30H2,1-4H3,(H,57,73)(H,58,74)(H,59,67)(H,60,68)(H,61,75)(H,62,76)(H,63,69)(H,64,70)/t37-,38-/m0/s1. The van der Waals surface area contributed by atoms with Crippen LogP contribution in [0.25, 0.3) is 0 Å². The number of nitrogens with one attached hydrogen (secondary N) is 10. The third-order valence-corrected chi connectivity index (χ3v) is 11.6. The molecule has 0 radical (unpaired) electrons. The molecule has 1 aliphatic carbocycles. The van der Waals surface area contributed by atoms with E-state index >= 15 is 0 Å². The number of aromatic hydroxyl groups is 2. The third-order valence-electron chi connectivity index (χ3n) is 11.6. The van der Waals surface area contributed by atoms with Crippen LogP contribution in [0.4, 0.5) is 21.0 Å². The first-order chi connectivity index (χ1) is 37.3. The SMILES string of the molecule is CC(C)C[C@H](NC(=O)CNC(=O)CNC(=O)OCc1ccccc1)C(=O)NCCNc1ccc(NCCNC(=O)[C@H](CC(C)C)NC(=O)CNC(=O)CNC(=O)OCc2ccccc2)c2c1C(=O)c1c(O)ccc(O)c1C2=O. The lowest BCUT2D eigenvalue weighted by Crippen LogP contribution is -2.51. The molecule has 12 N–H and O–H groups in total. The minimum Gasteiger partial charge on any atom is -0.507 e. The van der Waals surface area contributed by atoms with Gasteiger partial charge in [-0.25, -0.2) is 9.59 Å². The van der Waals surface area contributed by atoms with Crippen LogP contribution in [-0.2, 0) is 51.5 Å². The maximum Gasteiger partial charge on any atom is 0.407 e. The monoisotopic (exact) mass is 1080 g/mol. The Morgan fingerprint density at radius 3 is 1.15 bits per heavy atom. The maximum atomic E-state index is 14.2. The van der Waals surface area contributed by atoms with E-state index in [9.17, 15) is 58.2 Å². The van der Waals surface area contributed by atoms with E-state index in [-0.39, 0.29) is 86.6 Å². The second-order valence-corrected chi connectivity index (χ2v) is 18.7. The van der Waals surface area contributed by atoms with Gasteiger partial charge >= 0.3 is 12.2 Å². The van der Waals surface area contributed by atoms with Crippen LogP contribution in [0.5, 0.6) is 11.5 Å². The number of anilines is 2. The molecule has 0 unspecified atom stereocenters. The number of alkyl carbamates (subject to hydrolysis) is 2. The van der Waals surface area contributed by atoms with Crippen LogP contribution >= 0.6 is 0 Å². The van der Waals surface area contributed by atoms with E-state index in [0.717, 1.165) is 23.3 Å². The Labute approximate surface area is 449 Å². The smallest absolute Gasteiger partial charge is 0.407 e. The van der Waals surface area contributed by atoms with Gasteiger partial charge in [0.2, 0.25) is 47.0 Å². The molecule has 416 valence electrons. The van der Waals surface area contributed by atoms with E-state index in [4.69, 9.17) is 9.47 Å². The molecule has 78 heavy (non-hydrogen) atoms. The summed E-state index contributed by atoms with van der Waals surface area (Å²) in [5.74, 6) is -6.52. The number of carbonyl (C=O) groups is 10. The number of hydrogen-bond acceptors (Lipinski definition) is 16. The molecule has 0 aliphatic heterocycles. The zero-order chi connectivity index (χ0) is 56.7. The van der Waals surface area contributed by atoms with Gasteiger partial charge in [-0.2, -0.15) is 0 Å². The quantitative estimate of drug-likeness (QED) is 0.0252. The number of amides is 8. The molecule has 0 aromatic heterocycles. The first-order valence-electron chi connectivity index (χ1n) is 25.2. The van der Waals surface area contributed by atoms with Gasteiger partial charge in [-0.15, -0.1) is 0 Å². The Bertz CT molecular complexity index is 2620. The van der Waals surface area contributed by atoms with Crippen molar-refractivity contribution in [3.05, 3.63) is 118 Å². The molecule has 0 saturated heterocycles. The molecule has 1 aliphatic rings. The lowest BCUT2D eigenvalue weighted by molar-refractivity contribution is -0.130. The Hall–Kier alpha value is -9.22. The molecular weight excluding hydrogens is 1010 g/mol. The molecule has 0 heterocycles. The number of phenolic OH excluding ortho intramolecular Hbond substituents is 2. The molecule has 0 spiro atoms. The summed E-state index contributed by atoms with van der Waals surface area (Å²) >= 11 is 0. The highest BCUT2D eigenvalue weighted by Crippen LogP contribution is 2.42. The Balaban J connectivity index is 1.13. The predicted octanol–water partition coefficient (Wildman–Crippen LogP) is 2.08. The summed E-state index contributed by atoms with van der Waals surface area (Å²) in [5, 5.41) is 47.6. The van der Waals surface area contributed by atoms with Crippen LogP contribution in [0.2, 0.25) is 0 Å². The number of rotatable bonds is 28. The largest absolute Gasteiger partial charge is 0.507 e. The van der Waals surface area contributed by atoms with E-state index in [1.165, 1.54) is 12.1 Å². The normalized spacial score (nSPS) is 12.1. The van der Waals surface area contributed by atoms with Crippen molar-refractivity contribution < 1.29 is 67.6 Å². The lowest BCUT2D eigenvalue weighted by Gasteiger charge is -2.25. The number of ether oxygens (including phenoxy) is 2. The number of ketones is 2. The fourth-order valence-electron chi connectivity index (χ4n) is 7.90. The second kappa shape index (κ2) is 29.8. The highest BCUT2D eigenvalue weighted by atomic mass is 16.6. The van der Waals surface area contributed by atoms with Gasteiger partial charge in [0.05, 0.1) is 35.3 Å². The Morgan fingerprint density at radius 2 is 0.795 bits per heavy atom. The van der Waals surface area contributed by atoms with Crippen molar-refractivity contribution in [3.63, 3.8) is 0 Å². The van der Waals surface area contributed by atoms with Gasteiger partial charge < -0.3 is 72.9 Å². The highest BCUT2D eigenvalue weighted by Gasteiger charge is 2.38. The molecule has 24 nitrogen and oxygen atoms in total. The van der Waals surface area contributed by atoms with E-state index in [1.54, 1.807) is 48.5 Å². The number of hydrogen-bond donors (Lipinski definition) is 12. The predicted molar refractivity (Wildman–Crippen MR) is 284 cm³/mol. The zero-order valence-electron chi connectivity index (χ0n) is 43.7. The molecule has 2 atom stereocenters. The topological polar surface area (TPSA) is 350 Å². The molecule has 0 fully saturated rings. The van der Waals surface area contributed by atoms with Gasteiger partial charge in [-0.1, -0.05) is 88.4 Å². The Kier molecular flexibility index (Phi) is 22.8. The van der Waals surface area contributed by atoms with Crippen LogP contribution in [0.3, 0.4) is 0 Å². The number of fused-ring (bicyclic) bond motifs is 2. The van der Waals surface area contributed by atoms with Gasteiger partial charge in [0.25, 0.3) is 0 Å². The number of benzene rings is 4. The van der Waals surface area contributed by atoms with Crippen molar-refractivity contribution in [1.82, 2.24) is 42.5 Å². The first kappa shape index (κ1) is 59.7.